The molecule has 0 aromatic carbocycles. The van der Waals surface area contributed by atoms with Gasteiger partial charge in [0, 0.05) is 33.5 Å². The van der Waals surface area contributed by atoms with Gasteiger partial charge in [-0.2, -0.15) is 0 Å². The Hall–Kier alpha value is 1.34. The van der Waals surface area contributed by atoms with Gasteiger partial charge < -0.3 is 9.80 Å². The number of likely N-dealkylation sites (N-methyl/N-ethyl adjacent to an activating group) is 1. The highest BCUT2D eigenvalue weighted by molar-refractivity contribution is 14.1. The first-order chi connectivity index (χ1) is 10.0. The largest absolute Gasteiger partial charge is 0.308 e. The Bertz CT molecular complexity index is 314. The maximum Gasteiger partial charge on any atom is 0.0177 e. The van der Waals surface area contributed by atoms with Gasteiger partial charge >= 0.3 is 0 Å². The van der Waals surface area contributed by atoms with Crippen molar-refractivity contribution >= 4 is 45.2 Å². The van der Waals surface area contributed by atoms with Crippen LogP contribution in [0.15, 0.2) is 0 Å². The molecule has 2 fully saturated rings. The van der Waals surface area contributed by atoms with Gasteiger partial charge in [-0.1, -0.05) is 52.1 Å². The Morgan fingerprint density at radius 2 is 1.90 bits per heavy atom. The first kappa shape index (κ1) is 18.7. The summed E-state index contributed by atoms with van der Waals surface area (Å²) in [6.07, 6.45) is 4.15. The summed E-state index contributed by atoms with van der Waals surface area (Å²) in [5.41, 5.74) is 0. The Balaban J connectivity index is 2.03. The molecule has 4 unspecified atom stereocenters. The minimum Gasteiger partial charge on any atom is -0.308 e. The molecule has 2 saturated heterocycles. The zero-order valence-electron chi connectivity index (χ0n) is 13.8. The molecule has 2 aliphatic rings. The molecule has 2 heterocycles. The zero-order valence-corrected chi connectivity index (χ0v) is 18.1. The van der Waals surface area contributed by atoms with Crippen molar-refractivity contribution in [2.24, 2.45) is 5.92 Å². The molecule has 0 N–H and O–H groups in total. The molecule has 0 saturated carbocycles. The maximum absolute atomic E-state index is 2.81. The van der Waals surface area contributed by atoms with Gasteiger partial charge in [-0.25, -0.2) is 0 Å². The van der Waals surface area contributed by atoms with Crippen molar-refractivity contribution in [3.8, 4) is 0 Å². The molecular formula is C16H31I2N3. The number of hydrogen-bond acceptors (Lipinski definition) is 3. The van der Waals surface area contributed by atoms with Crippen molar-refractivity contribution in [1.82, 2.24) is 14.7 Å². The van der Waals surface area contributed by atoms with Crippen LogP contribution in [0.1, 0.15) is 26.2 Å². The molecule has 0 aliphatic carbocycles. The van der Waals surface area contributed by atoms with Crippen LogP contribution in [-0.4, -0.2) is 82.0 Å². The standard InChI is InChI=1S/C16H31I2N3/c1-4-20-7-6-15(18)14(12-20)16-11-13(17)5-8-21(16)10-9-19(2)3/h13-16H,4-12H2,1-3H3. The molecular weight excluding hydrogens is 488 g/mol. The Morgan fingerprint density at radius 1 is 1.14 bits per heavy atom. The molecule has 2 aliphatic heterocycles. The predicted molar refractivity (Wildman–Crippen MR) is 109 cm³/mol. The van der Waals surface area contributed by atoms with Gasteiger partial charge in [0.05, 0.1) is 0 Å². The minimum absolute atomic E-state index is 0.803. The van der Waals surface area contributed by atoms with Crippen LogP contribution < -0.4 is 0 Å². The third-order valence-electron chi connectivity index (χ3n) is 5.13. The summed E-state index contributed by atoms with van der Waals surface area (Å²) in [4.78, 5) is 7.80. The highest BCUT2D eigenvalue weighted by Gasteiger charge is 2.38. The van der Waals surface area contributed by atoms with Crippen LogP contribution >= 0.6 is 45.2 Å². The molecule has 0 bridgehead atoms. The van der Waals surface area contributed by atoms with Crippen LogP contribution in [0.2, 0.25) is 0 Å². The fourth-order valence-corrected chi connectivity index (χ4v) is 5.51. The fraction of sp³-hybridized carbons (Fsp3) is 1.00. The number of hydrogen-bond donors (Lipinski definition) is 0. The maximum atomic E-state index is 2.81. The molecule has 4 atom stereocenters. The van der Waals surface area contributed by atoms with Crippen LogP contribution in [0.4, 0.5) is 0 Å². The van der Waals surface area contributed by atoms with Crippen LogP contribution in [0.3, 0.4) is 0 Å². The van der Waals surface area contributed by atoms with Gasteiger partial charge in [-0.05, 0) is 58.9 Å². The van der Waals surface area contributed by atoms with E-state index in [0.29, 0.717) is 0 Å². The fourth-order valence-electron chi connectivity index (χ4n) is 3.73. The lowest BCUT2D eigenvalue weighted by molar-refractivity contribution is 0.0606. The van der Waals surface area contributed by atoms with Gasteiger partial charge in [-0.15, -0.1) is 0 Å². The lowest BCUT2D eigenvalue weighted by Crippen LogP contribution is -2.55. The third kappa shape index (κ3) is 5.43. The first-order valence-corrected chi connectivity index (χ1v) is 10.9. The van der Waals surface area contributed by atoms with Crippen molar-refractivity contribution in [2.75, 3.05) is 53.4 Å². The molecule has 124 valence electrons. The van der Waals surface area contributed by atoms with Crippen molar-refractivity contribution in [3.63, 3.8) is 0 Å². The van der Waals surface area contributed by atoms with E-state index < -0.39 is 0 Å². The van der Waals surface area contributed by atoms with Crippen molar-refractivity contribution in [3.05, 3.63) is 0 Å². The van der Waals surface area contributed by atoms with E-state index in [-0.39, 0.29) is 0 Å². The van der Waals surface area contributed by atoms with Crippen molar-refractivity contribution in [2.45, 2.75) is 40.1 Å². The molecule has 2 rings (SSSR count). The smallest absolute Gasteiger partial charge is 0.0177 e. The SMILES string of the molecule is CCN1CCC(I)C(C2CC(I)CCN2CCN(C)C)C1. The van der Waals surface area contributed by atoms with Gasteiger partial charge in [0.2, 0.25) is 0 Å². The quantitative estimate of drug-likeness (QED) is 0.409. The summed E-state index contributed by atoms with van der Waals surface area (Å²) in [5.74, 6) is 0.860. The van der Waals surface area contributed by atoms with Crippen molar-refractivity contribution < 1.29 is 0 Å². The molecule has 0 amide bonds. The van der Waals surface area contributed by atoms with Gasteiger partial charge in [-0.3, -0.25) is 4.90 Å². The summed E-state index contributed by atoms with van der Waals surface area (Å²) in [5, 5.41) is 0. The Labute approximate surface area is 158 Å². The van der Waals surface area contributed by atoms with E-state index >= 15 is 0 Å². The topological polar surface area (TPSA) is 9.72 Å². The molecule has 0 aromatic heterocycles. The van der Waals surface area contributed by atoms with Crippen LogP contribution in [0.25, 0.3) is 0 Å². The minimum atomic E-state index is 0.803. The highest BCUT2D eigenvalue weighted by Crippen LogP contribution is 2.35. The van der Waals surface area contributed by atoms with Crippen LogP contribution in [0.5, 0.6) is 0 Å². The van der Waals surface area contributed by atoms with E-state index in [2.05, 4.69) is 80.9 Å². The normalized spacial score (nSPS) is 36.3. The number of piperidine rings is 2. The van der Waals surface area contributed by atoms with Gasteiger partial charge in [0.1, 0.15) is 0 Å². The second-order valence-electron chi connectivity index (χ2n) is 6.89. The summed E-state index contributed by atoms with van der Waals surface area (Å²) >= 11 is 5.43. The summed E-state index contributed by atoms with van der Waals surface area (Å²) in [6, 6.07) is 0.803. The van der Waals surface area contributed by atoms with E-state index in [0.717, 1.165) is 19.8 Å². The molecule has 5 heteroatoms. The third-order valence-corrected chi connectivity index (χ3v) is 7.80. The zero-order chi connectivity index (χ0) is 15.4. The van der Waals surface area contributed by atoms with E-state index in [1.54, 1.807) is 0 Å². The van der Waals surface area contributed by atoms with Gasteiger partial charge in [0.25, 0.3) is 0 Å². The van der Waals surface area contributed by atoms with Crippen LogP contribution in [0, 0.1) is 5.92 Å². The Kier molecular flexibility index (Phi) is 7.99. The molecule has 21 heavy (non-hydrogen) atoms. The van der Waals surface area contributed by atoms with Gasteiger partial charge in [0.15, 0.2) is 0 Å². The lowest BCUT2D eigenvalue weighted by atomic mass is 9.84. The van der Waals surface area contributed by atoms with E-state index in [1.807, 2.05) is 0 Å². The molecule has 0 spiro atoms. The summed E-state index contributed by atoms with van der Waals surface area (Å²) < 4.78 is 1.74. The summed E-state index contributed by atoms with van der Waals surface area (Å²) in [6.45, 7) is 9.90. The average molecular weight is 519 g/mol. The molecule has 3 nitrogen and oxygen atoms in total. The highest BCUT2D eigenvalue weighted by atomic mass is 127. The van der Waals surface area contributed by atoms with Crippen LogP contribution in [-0.2, 0) is 0 Å². The lowest BCUT2D eigenvalue weighted by Gasteiger charge is -2.47. The number of rotatable bonds is 5. The molecule has 0 aromatic rings. The monoisotopic (exact) mass is 519 g/mol. The number of alkyl halides is 2. The van der Waals surface area contributed by atoms with E-state index in [4.69, 9.17) is 0 Å². The second kappa shape index (κ2) is 8.99. The second-order valence-corrected chi connectivity index (χ2v) is 10.3. The van der Waals surface area contributed by atoms with Crippen molar-refractivity contribution in [1.29, 1.82) is 0 Å². The number of likely N-dealkylation sites (tertiary alicyclic amines) is 2. The number of halogens is 2. The number of nitrogens with zero attached hydrogens (tertiary/aromatic N) is 3. The summed E-state index contributed by atoms with van der Waals surface area (Å²) in [7, 11) is 4.39. The average Bonchev–Trinajstić information content (AvgIpc) is 2.46. The van der Waals surface area contributed by atoms with E-state index in [1.165, 1.54) is 58.5 Å². The molecule has 0 radical (unpaired) electrons. The predicted octanol–water partition coefficient (Wildman–Crippen LogP) is 2.96. The first-order valence-electron chi connectivity index (χ1n) is 8.40. The van der Waals surface area contributed by atoms with E-state index in [9.17, 15) is 0 Å². The Morgan fingerprint density at radius 3 is 2.57 bits per heavy atom.